The number of rotatable bonds is 4. The Morgan fingerprint density at radius 3 is 2.66 bits per heavy atom. The summed E-state index contributed by atoms with van der Waals surface area (Å²) in [6, 6.07) is 8.30. The summed E-state index contributed by atoms with van der Waals surface area (Å²) in [4.78, 5) is 20.8. The van der Waals surface area contributed by atoms with Gasteiger partial charge in [0.25, 0.3) is 0 Å². The number of ether oxygens (including phenoxy) is 1. The van der Waals surface area contributed by atoms with E-state index in [1.165, 1.54) is 11.0 Å². The van der Waals surface area contributed by atoms with Crippen LogP contribution < -0.4 is 4.90 Å². The Balaban J connectivity index is 1.56. The summed E-state index contributed by atoms with van der Waals surface area (Å²) in [6.07, 6.45) is -4.67. The second kappa shape index (κ2) is 7.51. The third kappa shape index (κ3) is 3.92. The summed E-state index contributed by atoms with van der Waals surface area (Å²) in [5.74, 6) is 0.851. The van der Waals surface area contributed by atoms with Gasteiger partial charge < -0.3 is 9.64 Å². The summed E-state index contributed by atoms with van der Waals surface area (Å²) in [5, 5.41) is 0. The number of nitrogens with zero attached hydrogens (tertiary/aromatic N) is 3. The first-order chi connectivity index (χ1) is 13.7. The Labute approximate surface area is 174 Å². The van der Waals surface area contributed by atoms with Crippen molar-refractivity contribution in [1.82, 2.24) is 9.88 Å². The van der Waals surface area contributed by atoms with Crippen LogP contribution in [0.3, 0.4) is 0 Å². The Morgan fingerprint density at radius 2 is 2.00 bits per heavy atom. The molecule has 9 heteroatoms. The molecule has 0 aliphatic carbocycles. The normalized spacial score (nSPS) is 21.9. The van der Waals surface area contributed by atoms with E-state index in [-0.39, 0.29) is 6.54 Å². The molecule has 3 heterocycles. The van der Waals surface area contributed by atoms with Gasteiger partial charge in [-0.05, 0) is 59.1 Å². The predicted molar refractivity (Wildman–Crippen MR) is 104 cm³/mol. The molecular formula is C20H19BrF3N3O2. The molecule has 0 bridgehead atoms. The number of hydrogen-bond donors (Lipinski definition) is 0. The first-order valence-corrected chi connectivity index (χ1v) is 10.1. The van der Waals surface area contributed by atoms with Gasteiger partial charge in [-0.25, -0.2) is 9.78 Å². The zero-order valence-electron chi connectivity index (χ0n) is 15.6. The maximum absolute atomic E-state index is 13.0. The molecule has 2 fully saturated rings. The fraction of sp³-hybridized carbons (Fsp3) is 0.400. The number of anilines is 1. The van der Waals surface area contributed by atoms with Gasteiger partial charge in [0.05, 0.1) is 23.8 Å². The van der Waals surface area contributed by atoms with Crippen molar-refractivity contribution >= 4 is 27.8 Å². The number of amides is 1. The maximum atomic E-state index is 13.0. The van der Waals surface area contributed by atoms with Crippen molar-refractivity contribution in [1.29, 1.82) is 0 Å². The van der Waals surface area contributed by atoms with Gasteiger partial charge in [-0.1, -0.05) is 12.1 Å². The predicted octanol–water partition coefficient (Wildman–Crippen LogP) is 5.16. The molecular weight excluding hydrogens is 451 g/mol. The molecule has 2 aliphatic rings. The number of halogens is 4. The number of aromatic nitrogens is 1. The summed E-state index contributed by atoms with van der Waals surface area (Å²) in [7, 11) is 0. The third-order valence-corrected chi connectivity index (χ3v) is 6.06. The molecule has 4 rings (SSSR count). The van der Waals surface area contributed by atoms with Crippen LogP contribution in [0.1, 0.15) is 36.3 Å². The maximum Gasteiger partial charge on any atom is 0.416 e. The van der Waals surface area contributed by atoms with E-state index in [0.29, 0.717) is 11.3 Å². The Kier molecular flexibility index (Phi) is 5.18. The van der Waals surface area contributed by atoms with Gasteiger partial charge in [0.1, 0.15) is 11.9 Å². The minimum atomic E-state index is -4.45. The zero-order chi connectivity index (χ0) is 20.8. The fourth-order valence-electron chi connectivity index (χ4n) is 3.52. The molecule has 1 aromatic heterocycles. The number of carbonyl (C=O) groups is 1. The molecule has 0 N–H and O–H groups in total. The van der Waals surface area contributed by atoms with E-state index < -0.39 is 30.0 Å². The van der Waals surface area contributed by atoms with Gasteiger partial charge in [0, 0.05) is 17.6 Å². The lowest BCUT2D eigenvalue weighted by atomic mass is 10.0. The first-order valence-electron chi connectivity index (χ1n) is 9.29. The smallest absolute Gasteiger partial charge is 0.416 e. The van der Waals surface area contributed by atoms with Crippen LogP contribution >= 0.6 is 15.9 Å². The SMILES string of the molecule is C[C@H]1[C@@H](c2cccc(C(F)(F)F)c2)OC(=O)N1Cc1nc(N2CCC2)ccc1Br. The van der Waals surface area contributed by atoms with Crippen molar-refractivity contribution in [3.05, 3.63) is 57.7 Å². The molecule has 2 aromatic rings. The van der Waals surface area contributed by atoms with Crippen LogP contribution in [0.4, 0.5) is 23.8 Å². The zero-order valence-corrected chi connectivity index (χ0v) is 17.2. The Bertz CT molecular complexity index is 933. The molecule has 0 saturated carbocycles. The molecule has 1 aromatic carbocycles. The van der Waals surface area contributed by atoms with Crippen molar-refractivity contribution in [2.24, 2.45) is 0 Å². The minimum absolute atomic E-state index is 0.206. The van der Waals surface area contributed by atoms with Gasteiger partial charge in [-0.2, -0.15) is 13.2 Å². The highest BCUT2D eigenvalue weighted by atomic mass is 79.9. The quantitative estimate of drug-likeness (QED) is 0.620. The molecule has 2 aliphatic heterocycles. The van der Waals surface area contributed by atoms with Crippen molar-refractivity contribution in [2.75, 3.05) is 18.0 Å². The highest BCUT2D eigenvalue weighted by molar-refractivity contribution is 9.10. The van der Waals surface area contributed by atoms with E-state index in [0.717, 1.165) is 41.9 Å². The Hall–Kier alpha value is -2.29. The van der Waals surface area contributed by atoms with Crippen LogP contribution in [0.15, 0.2) is 40.9 Å². The van der Waals surface area contributed by atoms with Crippen molar-refractivity contribution < 1.29 is 22.7 Å². The van der Waals surface area contributed by atoms with E-state index in [1.807, 2.05) is 12.1 Å². The van der Waals surface area contributed by atoms with Crippen LogP contribution in [0.5, 0.6) is 0 Å². The number of alkyl halides is 3. The average molecular weight is 470 g/mol. The van der Waals surface area contributed by atoms with Crippen LogP contribution in [0, 0.1) is 0 Å². The average Bonchev–Trinajstić information content (AvgIpc) is 2.90. The van der Waals surface area contributed by atoms with Crippen molar-refractivity contribution in [3.8, 4) is 0 Å². The summed E-state index contributed by atoms with van der Waals surface area (Å²) < 4.78 is 45.3. The van der Waals surface area contributed by atoms with Gasteiger partial charge in [0.2, 0.25) is 0 Å². The van der Waals surface area contributed by atoms with E-state index in [4.69, 9.17) is 4.74 Å². The molecule has 0 spiro atoms. The number of benzene rings is 1. The largest absolute Gasteiger partial charge is 0.439 e. The summed E-state index contributed by atoms with van der Waals surface area (Å²) in [6.45, 7) is 3.88. The number of carbonyl (C=O) groups excluding carboxylic acids is 1. The second-order valence-electron chi connectivity index (χ2n) is 7.23. The first kappa shape index (κ1) is 20.0. The molecule has 1 amide bonds. The summed E-state index contributed by atoms with van der Waals surface area (Å²) >= 11 is 3.47. The lowest BCUT2D eigenvalue weighted by Gasteiger charge is -2.32. The van der Waals surface area contributed by atoms with Gasteiger partial charge >= 0.3 is 12.3 Å². The topological polar surface area (TPSA) is 45.7 Å². The van der Waals surface area contributed by atoms with E-state index in [1.54, 1.807) is 13.0 Å². The molecule has 2 saturated heterocycles. The fourth-order valence-corrected chi connectivity index (χ4v) is 3.86. The molecule has 5 nitrogen and oxygen atoms in total. The lowest BCUT2D eigenvalue weighted by molar-refractivity contribution is -0.137. The molecule has 0 radical (unpaired) electrons. The van der Waals surface area contributed by atoms with E-state index in [2.05, 4.69) is 25.8 Å². The Morgan fingerprint density at radius 1 is 1.24 bits per heavy atom. The summed E-state index contributed by atoms with van der Waals surface area (Å²) in [5.41, 5.74) is 0.246. The van der Waals surface area contributed by atoms with E-state index in [9.17, 15) is 18.0 Å². The van der Waals surface area contributed by atoms with Gasteiger partial charge in [-0.15, -0.1) is 0 Å². The molecule has 2 atom stereocenters. The lowest BCUT2D eigenvalue weighted by Crippen LogP contribution is -2.38. The highest BCUT2D eigenvalue weighted by Gasteiger charge is 2.41. The molecule has 29 heavy (non-hydrogen) atoms. The van der Waals surface area contributed by atoms with Crippen molar-refractivity contribution in [2.45, 2.75) is 38.2 Å². The standard InChI is InChI=1S/C20H19BrF3N3O2/c1-12-18(13-4-2-5-14(10-13)20(22,23)24)29-19(28)27(12)11-16-15(21)6-7-17(25-16)26-8-3-9-26/h2,4-7,10,12,18H,3,8-9,11H2,1H3/t12-,18-/m0/s1. The van der Waals surface area contributed by atoms with Gasteiger partial charge in [0.15, 0.2) is 0 Å². The third-order valence-electron chi connectivity index (χ3n) is 5.34. The molecule has 154 valence electrons. The second-order valence-corrected chi connectivity index (χ2v) is 8.09. The van der Waals surface area contributed by atoms with Crippen LogP contribution in [0.2, 0.25) is 0 Å². The van der Waals surface area contributed by atoms with Crippen LogP contribution in [0.25, 0.3) is 0 Å². The number of hydrogen-bond acceptors (Lipinski definition) is 4. The molecule has 0 unspecified atom stereocenters. The minimum Gasteiger partial charge on any atom is -0.439 e. The van der Waals surface area contributed by atoms with E-state index >= 15 is 0 Å². The van der Waals surface area contributed by atoms with Crippen LogP contribution in [-0.2, 0) is 17.5 Å². The number of pyridine rings is 1. The van der Waals surface area contributed by atoms with Crippen LogP contribution in [-0.4, -0.2) is 35.1 Å². The number of cyclic esters (lactones) is 1. The van der Waals surface area contributed by atoms with Gasteiger partial charge in [-0.3, -0.25) is 4.90 Å². The monoisotopic (exact) mass is 469 g/mol. The van der Waals surface area contributed by atoms with Crippen molar-refractivity contribution in [3.63, 3.8) is 0 Å². The highest BCUT2D eigenvalue weighted by Crippen LogP contribution is 2.37.